The predicted molar refractivity (Wildman–Crippen MR) is 160 cm³/mol. The van der Waals surface area contributed by atoms with Gasteiger partial charge in [-0.1, -0.05) is 6.07 Å². The summed E-state index contributed by atoms with van der Waals surface area (Å²) in [5, 5.41) is 9.47. The van der Waals surface area contributed by atoms with Crippen molar-refractivity contribution < 1.29 is 32.7 Å². The van der Waals surface area contributed by atoms with E-state index in [0.717, 1.165) is 63.1 Å². The fourth-order valence-corrected chi connectivity index (χ4v) is 7.07. The van der Waals surface area contributed by atoms with Gasteiger partial charge in [0.1, 0.15) is 6.04 Å². The van der Waals surface area contributed by atoms with E-state index in [2.05, 4.69) is 20.6 Å². The van der Waals surface area contributed by atoms with Crippen LogP contribution in [-0.4, -0.2) is 88.1 Å². The molecule has 4 aliphatic rings. The van der Waals surface area contributed by atoms with Crippen molar-refractivity contribution in [1.82, 2.24) is 24.9 Å². The highest BCUT2D eigenvalue weighted by Gasteiger charge is 2.45. The molecule has 2 saturated heterocycles. The normalized spacial score (nSPS) is 24.8. The molecule has 3 fully saturated rings. The largest absolute Gasteiger partial charge is 0.396 e. The number of anilines is 2. The number of hydrogen-bond donors (Lipinski definition) is 3. The van der Waals surface area contributed by atoms with Gasteiger partial charge in [0.15, 0.2) is 5.69 Å². The molecule has 14 heteroatoms. The molecule has 45 heavy (non-hydrogen) atoms. The zero-order valence-electron chi connectivity index (χ0n) is 25.1. The van der Waals surface area contributed by atoms with Crippen LogP contribution >= 0.6 is 0 Å². The maximum Gasteiger partial charge on any atom is 0.284 e. The number of nitrogens with zero attached hydrogens (tertiary/aromatic N) is 4. The molecule has 1 aromatic heterocycles. The maximum atomic E-state index is 13.3. The molecule has 242 valence electrons. The minimum absolute atomic E-state index is 0.0570. The van der Waals surface area contributed by atoms with Gasteiger partial charge >= 0.3 is 0 Å². The number of likely N-dealkylation sites (tertiary alicyclic amines) is 1. The number of aromatic nitrogens is 2. The van der Waals surface area contributed by atoms with Gasteiger partial charge in [0.25, 0.3) is 18.2 Å². The molecule has 1 saturated carbocycles. The van der Waals surface area contributed by atoms with E-state index in [1.165, 1.54) is 6.20 Å². The first-order valence-corrected chi connectivity index (χ1v) is 15.7. The van der Waals surface area contributed by atoms with Crippen molar-refractivity contribution in [1.29, 1.82) is 0 Å². The zero-order chi connectivity index (χ0) is 31.7. The smallest absolute Gasteiger partial charge is 0.284 e. The molecule has 1 atom stereocenters. The van der Waals surface area contributed by atoms with Gasteiger partial charge in [-0.2, -0.15) is 5.10 Å². The van der Waals surface area contributed by atoms with Crippen LogP contribution in [0.1, 0.15) is 90.2 Å². The van der Waals surface area contributed by atoms with E-state index < -0.39 is 36.1 Å². The number of rotatable bonds is 10. The first-order valence-electron chi connectivity index (χ1n) is 15.7. The number of alkyl halides is 2. The molecule has 1 aliphatic carbocycles. The lowest BCUT2D eigenvalue weighted by Crippen LogP contribution is -2.54. The monoisotopic (exact) mass is 627 g/mol. The number of amides is 4. The van der Waals surface area contributed by atoms with Crippen molar-refractivity contribution in [3.63, 3.8) is 0 Å². The summed E-state index contributed by atoms with van der Waals surface area (Å²) in [6.07, 6.45) is 4.91. The van der Waals surface area contributed by atoms with Crippen LogP contribution in [0.15, 0.2) is 24.4 Å². The number of halogens is 2. The number of hydrogen-bond acceptors (Lipinski definition) is 9. The van der Waals surface area contributed by atoms with Gasteiger partial charge in [0, 0.05) is 44.5 Å². The number of benzene rings is 1. The van der Waals surface area contributed by atoms with Gasteiger partial charge < -0.3 is 20.7 Å². The van der Waals surface area contributed by atoms with E-state index in [0.29, 0.717) is 24.8 Å². The molecule has 1 unspecified atom stereocenters. The summed E-state index contributed by atoms with van der Waals surface area (Å²) < 4.78 is 33.9. The third kappa shape index (κ3) is 6.57. The highest BCUT2D eigenvalue weighted by molar-refractivity contribution is 6.25. The summed E-state index contributed by atoms with van der Waals surface area (Å²) in [4.78, 5) is 53.6. The van der Waals surface area contributed by atoms with Crippen molar-refractivity contribution in [3.05, 3.63) is 41.2 Å². The van der Waals surface area contributed by atoms with E-state index in [9.17, 15) is 28.0 Å². The molecule has 4 N–H and O–H groups in total. The third-order valence-electron chi connectivity index (χ3n) is 9.48. The van der Waals surface area contributed by atoms with Gasteiger partial charge in [-0.05, 0) is 63.0 Å². The zero-order valence-corrected chi connectivity index (χ0v) is 25.1. The van der Waals surface area contributed by atoms with Crippen LogP contribution in [0, 0.1) is 5.92 Å². The van der Waals surface area contributed by atoms with Crippen molar-refractivity contribution in [2.24, 2.45) is 5.92 Å². The second-order valence-electron chi connectivity index (χ2n) is 12.4. The van der Waals surface area contributed by atoms with E-state index in [4.69, 9.17) is 10.5 Å². The SMILES string of the molecule is Nc1cn(C2CCC(CN3CCC(OCCNc4cccc5c4C(=O)N(C4CCC(=O)NC4=O)C5=O)CC3)CC2)nc1C(F)F. The molecule has 12 nitrogen and oxygen atoms in total. The minimum atomic E-state index is -2.66. The molecule has 0 spiro atoms. The van der Waals surface area contributed by atoms with Crippen molar-refractivity contribution in [2.45, 2.75) is 76.0 Å². The molecule has 0 bridgehead atoms. The molecular weight excluding hydrogens is 588 g/mol. The second kappa shape index (κ2) is 13.2. The van der Waals surface area contributed by atoms with Crippen LogP contribution in [0.2, 0.25) is 0 Å². The summed E-state index contributed by atoms with van der Waals surface area (Å²) in [5.41, 5.74) is 6.43. The third-order valence-corrected chi connectivity index (χ3v) is 9.48. The molecule has 0 radical (unpaired) electrons. The molecule has 4 amide bonds. The summed E-state index contributed by atoms with van der Waals surface area (Å²) in [5.74, 6) is -1.55. The number of imide groups is 2. The van der Waals surface area contributed by atoms with Crippen LogP contribution in [-0.2, 0) is 14.3 Å². The average Bonchev–Trinajstić information content (AvgIpc) is 3.54. The average molecular weight is 628 g/mol. The Morgan fingerprint density at radius 3 is 2.47 bits per heavy atom. The second-order valence-corrected chi connectivity index (χ2v) is 12.4. The van der Waals surface area contributed by atoms with Crippen LogP contribution in [0.3, 0.4) is 0 Å². The lowest BCUT2D eigenvalue weighted by atomic mass is 9.85. The van der Waals surface area contributed by atoms with E-state index >= 15 is 0 Å². The van der Waals surface area contributed by atoms with Crippen LogP contribution in [0.4, 0.5) is 20.2 Å². The standard InChI is InChI=1S/C31H39F2N7O5/c32-28(33)27-22(34)17-39(37-27)19-6-4-18(5-7-19)16-38-13-10-20(11-14-38)45-15-12-35-23-3-1-2-21-26(23)31(44)40(30(21)43)24-8-9-25(41)36-29(24)42/h1-3,17-20,24,28,35H,4-16,34H2,(H,36,41,42). The summed E-state index contributed by atoms with van der Waals surface area (Å²) >= 11 is 0. The molecular formula is C31H39F2N7O5. The van der Waals surface area contributed by atoms with Crippen LogP contribution in [0.25, 0.3) is 0 Å². The molecule has 6 rings (SSSR count). The molecule has 2 aromatic rings. The lowest BCUT2D eigenvalue weighted by molar-refractivity contribution is -0.136. The van der Waals surface area contributed by atoms with Crippen molar-refractivity contribution in [2.75, 3.05) is 43.8 Å². The fourth-order valence-electron chi connectivity index (χ4n) is 7.07. The number of fused-ring (bicyclic) bond motifs is 1. The summed E-state index contributed by atoms with van der Waals surface area (Å²) in [7, 11) is 0. The van der Waals surface area contributed by atoms with Gasteiger partial charge in [0.05, 0.1) is 35.6 Å². The van der Waals surface area contributed by atoms with Crippen LogP contribution < -0.4 is 16.4 Å². The number of piperidine rings is 2. The Hall–Kier alpha value is -3.91. The molecule has 1 aromatic carbocycles. The number of ether oxygens (including phenoxy) is 1. The van der Waals surface area contributed by atoms with E-state index in [1.807, 2.05) is 0 Å². The van der Waals surface area contributed by atoms with Crippen molar-refractivity contribution >= 4 is 35.0 Å². The Balaban J connectivity index is 0.915. The summed E-state index contributed by atoms with van der Waals surface area (Å²) in [6.45, 7) is 3.80. The lowest BCUT2D eigenvalue weighted by Gasteiger charge is -2.36. The van der Waals surface area contributed by atoms with Gasteiger partial charge in [0.2, 0.25) is 11.8 Å². The van der Waals surface area contributed by atoms with Gasteiger partial charge in [-0.25, -0.2) is 8.78 Å². The maximum absolute atomic E-state index is 13.3. The van der Waals surface area contributed by atoms with Gasteiger partial charge in [-0.15, -0.1) is 0 Å². The highest BCUT2D eigenvalue weighted by Crippen LogP contribution is 2.35. The predicted octanol–water partition coefficient (Wildman–Crippen LogP) is 3.13. The minimum Gasteiger partial charge on any atom is -0.396 e. The topological polar surface area (TPSA) is 152 Å². The Morgan fingerprint density at radius 1 is 1.02 bits per heavy atom. The van der Waals surface area contributed by atoms with Crippen molar-refractivity contribution in [3.8, 4) is 0 Å². The molecule has 3 aliphatic heterocycles. The Bertz CT molecular complexity index is 1450. The molecule has 4 heterocycles. The first-order chi connectivity index (χ1) is 21.7. The highest BCUT2D eigenvalue weighted by atomic mass is 19.3. The van der Waals surface area contributed by atoms with Gasteiger partial charge in [-0.3, -0.25) is 34.1 Å². The number of nitrogen functional groups attached to an aromatic ring is 1. The summed E-state index contributed by atoms with van der Waals surface area (Å²) in [6, 6.07) is 4.11. The van der Waals surface area contributed by atoms with E-state index in [1.54, 1.807) is 22.9 Å². The Morgan fingerprint density at radius 2 is 1.78 bits per heavy atom. The first kappa shape index (κ1) is 31.1. The van der Waals surface area contributed by atoms with Crippen LogP contribution in [0.5, 0.6) is 0 Å². The quantitative estimate of drug-likeness (QED) is 0.267. The number of carbonyl (C=O) groups is 4. The Labute approximate surface area is 259 Å². The number of nitrogens with one attached hydrogen (secondary N) is 2. The fraction of sp³-hybridized carbons (Fsp3) is 0.581. The Kier molecular flexibility index (Phi) is 9.13. The number of carbonyl (C=O) groups excluding carboxylic acids is 4. The number of nitrogens with two attached hydrogens (primary N) is 1. The van der Waals surface area contributed by atoms with E-state index in [-0.39, 0.29) is 47.5 Å².